The number of aliphatic carboxylic acids is 1. The number of benzene rings is 1. The van der Waals surface area contributed by atoms with Gasteiger partial charge < -0.3 is 14.6 Å². The van der Waals surface area contributed by atoms with E-state index in [2.05, 4.69) is 10.2 Å². The van der Waals surface area contributed by atoms with Crippen molar-refractivity contribution in [2.75, 3.05) is 21.3 Å². The van der Waals surface area contributed by atoms with E-state index in [1.807, 2.05) is 6.92 Å². The van der Waals surface area contributed by atoms with Crippen LogP contribution in [0.5, 0.6) is 11.5 Å². The van der Waals surface area contributed by atoms with E-state index in [1.54, 1.807) is 43.5 Å². The van der Waals surface area contributed by atoms with Gasteiger partial charge in [0.1, 0.15) is 6.04 Å². The second-order valence-corrected chi connectivity index (χ2v) is 5.29. The first-order chi connectivity index (χ1) is 11.0. The number of ether oxygens (including phenoxy) is 2. The van der Waals surface area contributed by atoms with Crippen molar-refractivity contribution < 1.29 is 19.4 Å². The molecule has 1 atom stereocenters. The Balaban J connectivity index is 2.31. The Bertz CT molecular complexity index is 684. The van der Waals surface area contributed by atoms with Gasteiger partial charge in [-0.25, -0.2) is 0 Å². The number of aryl methyl sites for hydroxylation is 1. The molecule has 0 bridgehead atoms. The number of hydrogen-bond donors (Lipinski definition) is 2. The van der Waals surface area contributed by atoms with Crippen LogP contribution in [0, 0.1) is 6.92 Å². The molecule has 0 radical (unpaired) electrons. The molecule has 7 nitrogen and oxygen atoms in total. The number of nitrogens with one attached hydrogen (secondary N) is 1. The number of aromatic nitrogens is 2. The molecule has 0 aliphatic rings. The molecule has 0 aliphatic heterocycles. The van der Waals surface area contributed by atoms with Crippen molar-refractivity contribution in [3.8, 4) is 11.5 Å². The molecule has 1 aromatic heterocycles. The Morgan fingerprint density at radius 3 is 2.57 bits per heavy atom. The summed E-state index contributed by atoms with van der Waals surface area (Å²) in [4.78, 5) is 13.5. The van der Waals surface area contributed by atoms with Crippen LogP contribution in [-0.4, -0.2) is 47.4 Å². The van der Waals surface area contributed by atoms with Gasteiger partial charge in [0.25, 0.3) is 0 Å². The van der Waals surface area contributed by atoms with Crippen molar-refractivity contribution in [3.05, 3.63) is 41.2 Å². The number of carboxylic acids is 1. The standard InChI is InChI=1S/C16H21N3O4/c1-10-12(8-17-18-10)9-19(2)15(16(20)21)11-5-6-13(22-3)14(7-11)23-4/h5-8,15H,9H2,1-4H3,(H,17,18)(H,20,21). The average Bonchev–Trinajstić information content (AvgIpc) is 2.92. The van der Waals surface area contributed by atoms with Gasteiger partial charge in [-0.05, 0) is 31.7 Å². The monoisotopic (exact) mass is 319 g/mol. The van der Waals surface area contributed by atoms with Gasteiger partial charge in [-0.1, -0.05) is 6.07 Å². The zero-order valence-electron chi connectivity index (χ0n) is 13.7. The minimum absolute atomic E-state index is 0.466. The smallest absolute Gasteiger partial charge is 0.325 e. The molecule has 1 heterocycles. The molecule has 7 heteroatoms. The number of likely N-dealkylation sites (N-methyl/N-ethyl adjacent to an activating group) is 1. The molecule has 2 rings (SSSR count). The van der Waals surface area contributed by atoms with E-state index in [-0.39, 0.29) is 0 Å². The van der Waals surface area contributed by atoms with E-state index in [4.69, 9.17) is 9.47 Å². The van der Waals surface area contributed by atoms with Crippen LogP contribution in [0.1, 0.15) is 22.9 Å². The third-order valence-corrected chi connectivity index (χ3v) is 3.75. The zero-order valence-corrected chi connectivity index (χ0v) is 13.7. The Labute approximate surface area is 134 Å². The van der Waals surface area contributed by atoms with E-state index in [1.165, 1.54) is 7.11 Å². The van der Waals surface area contributed by atoms with Crippen LogP contribution >= 0.6 is 0 Å². The lowest BCUT2D eigenvalue weighted by atomic mass is 10.0. The number of H-pyrrole nitrogens is 1. The highest BCUT2D eigenvalue weighted by atomic mass is 16.5. The summed E-state index contributed by atoms with van der Waals surface area (Å²) in [5.74, 6) is 0.138. The molecule has 1 aromatic carbocycles. The maximum Gasteiger partial charge on any atom is 0.325 e. The summed E-state index contributed by atoms with van der Waals surface area (Å²) < 4.78 is 10.5. The number of carbonyl (C=O) groups is 1. The molecule has 0 saturated carbocycles. The number of methoxy groups -OCH3 is 2. The lowest BCUT2D eigenvalue weighted by Gasteiger charge is -2.25. The number of carboxylic acid groups (broad SMARTS) is 1. The van der Waals surface area contributed by atoms with Crippen molar-refractivity contribution in [3.63, 3.8) is 0 Å². The van der Waals surface area contributed by atoms with Crippen molar-refractivity contribution in [2.24, 2.45) is 0 Å². The van der Waals surface area contributed by atoms with Crippen molar-refractivity contribution in [1.82, 2.24) is 15.1 Å². The fraction of sp³-hybridized carbons (Fsp3) is 0.375. The van der Waals surface area contributed by atoms with Gasteiger partial charge in [-0.2, -0.15) is 5.10 Å². The molecule has 124 valence electrons. The lowest BCUT2D eigenvalue weighted by Crippen LogP contribution is -2.30. The normalized spacial score (nSPS) is 12.2. The molecule has 2 N–H and O–H groups in total. The third-order valence-electron chi connectivity index (χ3n) is 3.75. The highest BCUT2D eigenvalue weighted by Gasteiger charge is 2.26. The van der Waals surface area contributed by atoms with Gasteiger partial charge in [0, 0.05) is 17.8 Å². The summed E-state index contributed by atoms with van der Waals surface area (Å²) in [6.45, 7) is 2.37. The maximum absolute atomic E-state index is 11.8. The highest BCUT2D eigenvalue weighted by molar-refractivity contribution is 5.76. The molecule has 2 aromatic rings. The second kappa shape index (κ2) is 7.15. The predicted octanol–water partition coefficient (Wildman–Crippen LogP) is 1.99. The fourth-order valence-corrected chi connectivity index (χ4v) is 2.50. The van der Waals surface area contributed by atoms with Crippen LogP contribution in [0.3, 0.4) is 0 Å². The van der Waals surface area contributed by atoms with Gasteiger partial charge in [0.2, 0.25) is 0 Å². The molecule has 0 amide bonds. The first kappa shape index (κ1) is 16.8. The molecule has 0 spiro atoms. The minimum Gasteiger partial charge on any atom is -0.493 e. The Hall–Kier alpha value is -2.54. The Morgan fingerprint density at radius 1 is 1.35 bits per heavy atom. The quantitative estimate of drug-likeness (QED) is 0.811. The van der Waals surface area contributed by atoms with E-state index >= 15 is 0 Å². The van der Waals surface area contributed by atoms with Gasteiger partial charge in [-0.15, -0.1) is 0 Å². The van der Waals surface area contributed by atoms with Crippen LogP contribution in [0.2, 0.25) is 0 Å². The number of aromatic amines is 1. The average molecular weight is 319 g/mol. The van der Waals surface area contributed by atoms with E-state index < -0.39 is 12.0 Å². The van der Waals surface area contributed by atoms with E-state index in [9.17, 15) is 9.90 Å². The summed E-state index contributed by atoms with van der Waals surface area (Å²) in [6.07, 6.45) is 1.71. The largest absolute Gasteiger partial charge is 0.493 e. The van der Waals surface area contributed by atoms with Crippen molar-refractivity contribution >= 4 is 5.97 Å². The summed E-state index contributed by atoms with van der Waals surface area (Å²) in [5.41, 5.74) is 2.51. The number of hydrogen-bond acceptors (Lipinski definition) is 5. The molecule has 0 saturated heterocycles. The molecule has 23 heavy (non-hydrogen) atoms. The highest BCUT2D eigenvalue weighted by Crippen LogP contribution is 2.32. The maximum atomic E-state index is 11.8. The topological polar surface area (TPSA) is 87.7 Å². The van der Waals surface area contributed by atoms with Gasteiger partial charge in [-0.3, -0.25) is 14.8 Å². The minimum atomic E-state index is -0.930. The Morgan fingerprint density at radius 2 is 2.04 bits per heavy atom. The molecular weight excluding hydrogens is 298 g/mol. The first-order valence-corrected chi connectivity index (χ1v) is 7.11. The first-order valence-electron chi connectivity index (χ1n) is 7.11. The van der Waals surface area contributed by atoms with Gasteiger partial charge >= 0.3 is 5.97 Å². The molecule has 0 fully saturated rings. The van der Waals surface area contributed by atoms with Crippen molar-refractivity contribution in [2.45, 2.75) is 19.5 Å². The van der Waals surface area contributed by atoms with Gasteiger partial charge in [0.15, 0.2) is 11.5 Å². The van der Waals surface area contributed by atoms with Crippen LogP contribution in [0.15, 0.2) is 24.4 Å². The van der Waals surface area contributed by atoms with Crippen LogP contribution in [0.4, 0.5) is 0 Å². The Kier molecular flexibility index (Phi) is 5.23. The number of rotatable bonds is 7. The van der Waals surface area contributed by atoms with Crippen molar-refractivity contribution in [1.29, 1.82) is 0 Å². The van der Waals surface area contributed by atoms with E-state index in [0.717, 1.165) is 11.3 Å². The number of nitrogens with zero attached hydrogens (tertiary/aromatic N) is 2. The molecular formula is C16H21N3O4. The lowest BCUT2D eigenvalue weighted by molar-refractivity contribution is -0.143. The fourth-order valence-electron chi connectivity index (χ4n) is 2.50. The summed E-state index contributed by atoms with van der Waals surface area (Å²) in [6, 6.07) is 4.33. The van der Waals surface area contributed by atoms with Crippen LogP contribution in [0.25, 0.3) is 0 Å². The third kappa shape index (κ3) is 3.62. The van der Waals surface area contributed by atoms with Crippen LogP contribution < -0.4 is 9.47 Å². The summed E-state index contributed by atoms with van der Waals surface area (Å²) >= 11 is 0. The van der Waals surface area contributed by atoms with Crippen LogP contribution in [-0.2, 0) is 11.3 Å². The second-order valence-electron chi connectivity index (χ2n) is 5.29. The SMILES string of the molecule is COc1ccc(C(C(=O)O)N(C)Cc2cn[nH]c2C)cc1OC. The zero-order chi connectivity index (χ0) is 17.0. The molecule has 0 aliphatic carbocycles. The summed E-state index contributed by atoms with van der Waals surface area (Å²) in [7, 11) is 4.83. The van der Waals surface area contributed by atoms with Gasteiger partial charge in [0.05, 0.1) is 20.4 Å². The molecule has 1 unspecified atom stereocenters. The predicted molar refractivity (Wildman–Crippen MR) is 84.7 cm³/mol. The van der Waals surface area contributed by atoms with E-state index in [0.29, 0.717) is 23.6 Å². The summed E-state index contributed by atoms with van der Waals surface area (Å²) in [5, 5.41) is 16.5.